The molecule has 0 aliphatic carbocycles. The number of hydrogen-bond acceptors (Lipinski definition) is 3. The highest BCUT2D eigenvalue weighted by atomic mass is 16.5. The second-order valence-corrected chi connectivity index (χ2v) is 9.41. The number of anilines is 1. The lowest BCUT2D eigenvalue weighted by atomic mass is 9.78. The number of nitrogens with zero attached hydrogens (tertiary/aromatic N) is 2. The summed E-state index contributed by atoms with van der Waals surface area (Å²) in [5.41, 5.74) is 2.39. The number of hydrogen-bond donors (Lipinski definition) is 2. The molecule has 1 fully saturated rings. The van der Waals surface area contributed by atoms with Crippen LogP contribution in [0.15, 0.2) is 29.3 Å². The molecule has 3 rings (SSSR count). The summed E-state index contributed by atoms with van der Waals surface area (Å²) in [5.74, 6) is 1.19. The molecule has 0 spiro atoms. The van der Waals surface area contributed by atoms with Crippen molar-refractivity contribution in [2.24, 2.45) is 16.3 Å². The minimum atomic E-state index is 0.0490. The van der Waals surface area contributed by atoms with Crippen LogP contribution in [0.4, 0.5) is 5.69 Å². The maximum atomic E-state index is 12.9. The van der Waals surface area contributed by atoms with Crippen LogP contribution >= 0.6 is 0 Å². The van der Waals surface area contributed by atoms with Crippen LogP contribution in [-0.2, 0) is 16.0 Å². The number of carbonyl (C=O) groups excluding carboxylic acids is 1. The molecule has 1 aromatic carbocycles. The molecule has 0 saturated carbocycles. The minimum absolute atomic E-state index is 0.0490. The van der Waals surface area contributed by atoms with Crippen molar-refractivity contribution in [1.82, 2.24) is 10.6 Å². The standard InChI is InChI=1S/C24H38N4O2/c1-5-25-23(26-16-19-12-9-15-30-22(19)24(2,3)4)27-17-21(29)28-14-8-11-18-10-6-7-13-20(18)28/h6-7,10,13,19,22H,5,8-9,11-12,14-17H2,1-4H3,(H2,25,26,27). The summed E-state index contributed by atoms with van der Waals surface area (Å²) in [6, 6.07) is 8.19. The van der Waals surface area contributed by atoms with E-state index in [1.54, 1.807) is 0 Å². The number of benzene rings is 1. The summed E-state index contributed by atoms with van der Waals surface area (Å²) in [7, 11) is 0. The van der Waals surface area contributed by atoms with Gasteiger partial charge in [-0.3, -0.25) is 4.79 Å². The predicted molar refractivity (Wildman–Crippen MR) is 123 cm³/mol. The Morgan fingerprint density at radius 1 is 1.23 bits per heavy atom. The summed E-state index contributed by atoms with van der Waals surface area (Å²) in [6.07, 6.45) is 4.51. The van der Waals surface area contributed by atoms with E-state index < -0.39 is 0 Å². The first-order chi connectivity index (χ1) is 14.4. The van der Waals surface area contributed by atoms with Gasteiger partial charge in [0, 0.05) is 37.8 Å². The van der Waals surface area contributed by atoms with Crippen molar-refractivity contribution in [1.29, 1.82) is 0 Å². The molecule has 1 amide bonds. The van der Waals surface area contributed by atoms with Gasteiger partial charge in [0.05, 0.1) is 6.10 Å². The Morgan fingerprint density at radius 3 is 2.80 bits per heavy atom. The minimum Gasteiger partial charge on any atom is -0.377 e. The topological polar surface area (TPSA) is 66.0 Å². The lowest BCUT2D eigenvalue weighted by Gasteiger charge is -2.40. The lowest BCUT2D eigenvalue weighted by molar-refractivity contribution is -0.117. The van der Waals surface area contributed by atoms with E-state index in [4.69, 9.17) is 4.74 Å². The third kappa shape index (κ3) is 5.75. The van der Waals surface area contributed by atoms with Gasteiger partial charge in [0.2, 0.25) is 5.91 Å². The van der Waals surface area contributed by atoms with Gasteiger partial charge in [-0.25, -0.2) is 4.99 Å². The smallest absolute Gasteiger partial charge is 0.248 e. The second kappa shape index (κ2) is 10.3. The summed E-state index contributed by atoms with van der Waals surface area (Å²) < 4.78 is 6.10. The fourth-order valence-electron chi connectivity index (χ4n) is 4.60. The largest absolute Gasteiger partial charge is 0.377 e. The Labute approximate surface area is 181 Å². The van der Waals surface area contributed by atoms with Gasteiger partial charge in [-0.05, 0) is 49.7 Å². The second-order valence-electron chi connectivity index (χ2n) is 9.41. The number of ether oxygens (including phenoxy) is 1. The molecule has 0 bridgehead atoms. The summed E-state index contributed by atoms with van der Waals surface area (Å²) in [4.78, 5) is 19.4. The Bertz CT molecular complexity index is 741. The van der Waals surface area contributed by atoms with Crippen molar-refractivity contribution < 1.29 is 9.53 Å². The zero-order valence-electron chi connectivity index (χ0n) is 19.0. The number of aliphatic imine (C=N–C) groups is 1. The van der Waals surface area contributed by atoms with E-state index in [0.717, 1.165) is 57.6 Å². The zero-order chi connectivity index (χ0) is 21.6. The Kier molecular flexibility index (Phi) is 7.75. The highest BCUT2D eigenvalue weighted by Gasteiger charge is 2.35. The quantitative estimate of drug-likeness (QED) is 0.573. The molecule has 166 valence electrons. The predicted octanol–water partition coefficient (Wildman–Crippen LogP) is 3.36. The molecule has 0 radical (unpaired) electrons. The van der Waals surface area contributed by atoms with E-state index >= 15 is 0 Å². The van der Waals surface area contributed by atoms with Crippen molar-refractivity contribution in [3.8, 4) is 0 Å². The molecule has 6 nitrogen and oxygen atoms in total. The van der Waals surface area contributed by atoms with Gasteiger partial charge in [0.1, 0.15) is 6.54 Å². The van der Waals surface area contributed by atoms with E-state index in [1.165, 1.54) is 5.56 Å². The highest BCUT2D eigenvalue weighted by molar-refractivity contribution is 5.97. The van der Waals surface area contributed by atoms with E-state index in [-0.39, 0.29) is 24.0 Å². The van der Waals surface area contributed by atoms with Crippen LogP contribution in [0.25, 0.3) is 0 Å². The monoisotopic (exact) mass is 414 g/mol. The number of guanidine groups is 1. The molecule has 2 aliphatic rings. The van der Waals surface area contributed by atoms with Gasteiger partial charge in [0.15, 0.2) is 5.96 Å². The van der Waals surface area contributed by atoms with Crippen LogP contribution < -0.4 is 15.5 Å². The van der Waals surface area contributed by atoms with E-state index in [9.17, 15) is 4.79 Å². The normalized spacial score (nSPS) is 22.4. The number of aryl methyl sites for hydroxylation is 1. The molecule has 30 heavy (non-hydrogen) atoms. The SMILES string of the molecule is CCNC(=NCC(=O)N1CCCc2ccccc21)NCC1CCCOC1C(C)(C)C. The van der Waals surface area contributed by atoms with Gasteiger partial charge >= 0.3 is 0 Å². The van der Waals surface area contributed by atoms with Crippen molar-refractivity contribution in [2.75, 3.05) is 37.7 Å². The summed E-state index contributed by atoms with van der Waals surface area (Å²) in [6.45, 7) is 12.1. The Morgan fingerprint density at radius 2 is 2.03 bits per heavy atom. The van der Waals surface area contributed by atoms with Crippen LogP contribution in [0.2, 0.25) is 0 Å². The first-order valence-electron chi connectivity index (χ1n) is 11.4. The average Bonchev–Trinajstić information content (AvgIpc) is 2.74. The van der Waals surface area contributed by atoms with Crippen LogP contribution in [-0.4, -0.2) is 50.8 Å². The number of rotatable bonds is 5. The molecule has 1 saturated heterocycles. The van der Waals surface area contributed by atoms with Gasteiger partial charge < -0.3 is 20.3 Å². The fraction of sp³-hybridized carbons (Fsp3) is 0.667. The first kappa shape index (κ1) is 22.6. The number of nitrogens with one attached hydrogen (secondary N) is 2. The molecule has 2 N–H and O–H groups in total. The van der Waals surface area contributed by atoms with Gasteiger partial charge in [-0.2, -0.15) is 0 Å². The van der Waals surface area contributed by atoms with Crippen molar-refractivity contribution in [3.05, 3.63) is 29.8 Å². The number of carbonyl (C=O) groups is 1. The van der Waals surface area contributed by atoms with Crippen LogP contribution in [0, 0.1) is 11.3 Å². The van der Waals surface area contributed by atoms with E-state index in [1.807, 2.05) is 30.0 Å². The summed E-state index contributed by atoms with van der Waals surface area (Å²) in [5, 5.41) is 6.74. The average molecular weight is 415 g/mol. The third-order valence-electron chi connectivity index (χ3n) is 5.96. The van der Waals surface area contributed by atoms with Crippen molar-refractivity contribution in [3.63, 3.8) is 0 Å². The molecule has 2 aliphatic heterocycles. The molecular weight excluding hydrogens is 376 g/mol. The van der Waals surface area contributed by atoms with Crippen LogP contribution in [0.1, 0.15) is 52.5 Å². The fourth-order valence-corrected chi connectivity index (χ4v) is 4.60. The molecule has 1 aromatic rings. The number of para-hydroxylation sites is 1. The van der Waals surface area contributed by atoms with Gasteiger partial charge in [-0.15, -0.1) is 0 Å². The van der Waals surface area contributed by atoms with Crippen LogP contribution in [0.5, 0.6) is 0 Å². The Balaban J connectivity index is 1.61. The van der Waals surface area contributed by atoms with Gasteiger partial charge in [-0.1, -0.05) is 39.0 Å². The van der Waals surface area contributed by atoms with Crippen LogP contribution in [0.3, 0.4) is 0 Å². The first-order valence-corrected chi connectivity index (χ1v) is 11.4. The van der Waals surface area contributed by atoms with E-state index in [0.29, 0.717) is 11.9 Å². The van der Waals surface area contributed by atoms with Gasteiger partial charge in [0.25, 0.3) is 0 Å². The molecule has 6 heteroatoms. The van der Waals surface area contributed by atoms with Crippen molar-refractivity contribution in [2.45, 2.75) is 59.5 Å². The number of amides is 1. The molecule has 2 atom stereocenters. The molecule has 2 unspecified atom stereocenters. The zero-order valence-corrected chi connectivity index (χ0v) is 19.0. The highest BCUT2D eigenvalue weighted by Crippen LogP contribution is 2.33. The third-order valence-corrected chi connectivity index (χ3v) is 5.96. The number of fused-ring (bicyclic) bond motifs is 1. The molecule has 0 aromatic heterocycles. The molecule has 2 heterocycles. The van der Waals surface area contributed by atoms with E-state index in [2.05, 4.69) is 42.5 Å². The molecular formula is C24H38N4O2. The van der Waals surface area contributed by atoms with Crippen molar-refractivity contribution >= 4 is 17.6 Å². The lowest BCUT2D eigenvalue weighted by Crippen LogP contribution is -2.47. The maximum absolute atomic E-state index is 12.9. The maximum Gasteiger partial charge on any atom is 0.248 e. The summed E-state index contributed by atoms with van der Waals surface area (Å²) >= 11 is 0. The Hall–Kier alpha value is -2.08.